The van der Waals surface area contributed by atoms with E-state index >= 15 is 0 Å². The second-order valence-electron chi connectivity index (χ2n) is 6.27. The number of hydrogen-bond acceptors (Lipinski definition) is 4. The fourth-order valence-electron chi connectivity index (χ4n) is 3.05. The van der Waals surface area contributed by atoms with E-state index in [-0.39, 0.29) is 23.8 Å². The predicted molar refractivity (Wildman–Crippen MR) is 82.8 cm³/mol. The van der Waals surface area contributed by atoms with Gasteiger partial charge in [0.2, 0.25) is 5.91 Å². The van der Waals surface area contributed by atoms with Gasteiger partial charge in [-0.2, -0.15) is 0 Å². The van der Waals surface area contributed by atoms with E-state index in [1.807, 2.05) is 12.1 Å². The number of halogens is 1. The molecule has 23 heavy (non-hydrogen) atoms. The monoisotopic (exact) mass is 320 g/mol. The van der Waals surface area contributed by atoms with E-state index in [4.69, 9.17) is 0 Å². The Kier molecular flexibility index (Phi) is 4.35. The Bertz CT molecular complexity index is 598. The molecule has 1 aromatic rings. The molecule has 0 radical (unpaired) electrons. The van der Waals surface area contributed by atoms with Gasteiger partial charge >= 0.3 is 5.97 Å². The van der Waals surface area contributed by atoms with Crippen LogP contribution >= 0.6 is 0 Å². The third-order valence-corrected chi connectivity index (χ3v) is 4.63. The van der Waals surface area contributed by atoms with Crippen LogP contribution in [0.15, 0.2) is 24.3 Å². The lowest BCUT2D eigenvalue weighted by atomic mass is 9.99. The number of rotatable bonds is 4. The third kappa shape index (κ3) is 3.37. The maximum atomic E-state index is 13.5. The zero-order chi connectivity index (χ0) is 16.4. The van der Waals surface area contributed by atoms with Gasteiger partial charge in [0.15, 0.2) is 0 Å². The second-order valence-corrected chi connectivity index (χ2v) is 6.27. The Morgan fingerprint density at radius 3 is 2.57 bits per heavy atom. The summed E-state index contributed by atoms with van der Waals surface area (Å²) in [6, 6.07) is 6.61. The number of ether oxygens (including phenoxy) is 1. The zero-order valence-corrected chi connectivity index (χ0v) is 13.1. The highest BCUT2D eigenvalue weighted by Gasteiger charge is 2.46. The molecule has 124 valence electrons. The van der Waals surface area contributed by atoms with Crippen LogP contribution < -0.4 is 10.6 Å². The molecule has 1 aliphatic carbocycles. The summed E-state index contributed by atoms with van der Waals surface area (Å²) in [6.45, 7) is 0.528. The van der Waals surface area contributed by atoms with E-state index in [0.29, 0.717) is 18.5 Å². The van der Waals surface area contributed by atoms with Crippen LogP contribution in [0.3, 0.4) is 0 Å². The molecule has 1 aliphatic heterocycles. The van der Waals surface area contributed by atoms with Crippen LogP contribution in [0.4, 0.5) is 4.39 Å². The van der Waals surface area contributed by atoms with Gasteiger partial charge in [-0.1, -0.05) is 12.1 Å². The van der Waals surface area contributed by atoms with E-state index in [0.717, 1.165) is 18.4 Å². The standard InChI is InChI=1S/C17H21FN2O3/c1-23-16(22)11-2-4-12(5-3-11)17(7-8-17)20-15(21)14-10-13(18)6-9-19-14/h2-5,13-14,19H,6-10H2,1H3,(H,20,21)/t13?,14-/m1/s1. The van der Waals surface area contributed by atoms with Crippen molar-refractivity contribution in [2.75, 3.05) is 13.7 Å². The highest BCUT2D eigenvalue weighted by molar-refractivity contribution is 5.89. The zero-order valence-electron chi connectivity index (χ0n) is 13.1. The summed E-state index contributed by atoms with van der Waals surface area (Å²) >= 11 is 0. The van der Waals surface area contributed by atoms with E-state index < -0.39 is 12.2 Å². The van der Waals surface area contributed by atoms with Gasteiger partial charge in [0.1, 0.15) is 6.17 Å². The highest BCUT2D eigenvalue weighted by Crippen LogP contribution is 2.45. The van der Waals surface area contributed by atoms with Gasteiger partial charge in [-0.05, 0) is 43.5 Å². The molecule has 0 spiro atoms. The molecule has 1 heterocycles. The van der Waals surface area contributed by atoms with Crippen molar-refractivity contribution in [2.45, 2.75) is 43.4 Å². The van der Waals surface area contributed by atoms with Crippen molar-refractivity contribution in [3.63, 3.8) is 0 Å². The summed E-state index contributed by atoms with van der Waals surface area (Å²) in [5.41, 5.74) is 1.06. The fourth-order valence-corrected chi connectivity index (χ4v) is 3.05. The quantitative estimate of drug-likeness (QED) is 0.828. The minimum atomic E-state index is -0.915. The molecule has 1 amide bonds. The Hall–Kier alpha value is -1.95. The van der Waals surface area contributed by atoms with Crippen molar-refractivity contribution in [3.05, 3.63) is 35.4 Å². The summed E-state index contributed by atoms with van der Waals surface area (Å²) in [5, 5.41) is 6.12. The van der Waals surface area contributed by atoms with Crippen LogP contribution in [0.5, 0.6) is 0 Å². The molecule has 2 atom stereocenters. The van der Waals surface area contributed by atoms with E-state index in [9.17, 15) is 14.0 Å². The average Bonchev–Trinajstić information content (AvgIpc) is 3.35. The first-order valence-corrected chi connectivity index (χ1v) is 7.92. The summed E-state index contributed by atoms with van der Waals surface area (Å²) in [7, 11) is 1.34. The number of amides is 1. The molecule has 1 unspecified atom stereocenters. The summed E-state index contributed by atoms with van der Waals surface area (Å²) < 4.78 is 18.1. The van der Waals surface area contributed by atoms with Crippen LogP contribution in [-0.2, 0) is 15.1 Å². The predicted octanol–water partition coefficient (Wildman–Crippen LogP) is 1.67. The topological polar surface area (TPSA) is 67.4 Å². The smallest absolute Gasteiger partial charge is 0.337 e. The van der Waals surface area contributed by atoms with Crippen LogP contribution in [0.1, 0.15) is 41.6 Å². The van der Waals surface area contributed by atoms with Crippen molar-refractivity contribution in [3.8, 4) is 0 Å². The molecular weight excluding hydrogens is 299 g/mol. The first kappa shape index (κ1) is 15.9. The summed E-state index contributed by atoms with van der Waals surface area (Å²) in [6.07, 6.45) is 1.47. The first-order chi connectivity index (χ1) is 11.0. The van der Waals surface area contributed by atoms with Crippen molar-refractivity contribution < 1.29 is 18.7 Å². The SMILES string of the molecule is COC(=O)c1ccc(C2(NC(=O)[C@H]3CC(F)CCN3)CC2)cc1. The van der Waals surface area contributed by atoms with Crippen molar-refractivity contribution in [1.82, 2.24) is 10.6 Å². The van der Waals surface area contributed by atoms with E-state index in [2.05, 4.69) is 15.4 Å². The largest absolute Gasteiger partial charge is 0.465 e. The number of carbonyl (C=O) groups excluding carboxylic acids is 2. The molecule has 2 aliphatic rings. The van der Waals surface area contributed by atoms with Crippen LogP contribution in [0, 0.1) is 0 Å². The Morgan fingerprint density at radius 2 is 2.00 bits per heavy atom. The Balaban J connectivity index is 1.67. The molecule has 0 aromatic heterocycles. The third-order valence-electron chi connectivity index (χ3n) is 4.63. The molecule has 0 bridgehead atoms. The fraction of sp³-hybridized carbons (Fsp3) is 0.529. The molecule has 1 saturated carbocycles. The summed E-state index contributed by atoms with van der Waals surface area (Å²) in [5.74, 6) is -0.535. The molecule has 2 N–H and O–H groups in total. The molecular formula is C17H21FN2O3. The molecule has 1 aromatic carbocycles. The van der Waals surface area contributed by atoms with E-state index in [1.165, 1.54) is 7.11 Å². The highest BCUT2D eigenvalue weighted by atomic mass is 19.1. The van der Waals surface area contributed by atoms with Crippen molar-refractivity contribution in [1.29, 1.82) is 0 Å². The number of hydrogen-bond donors (Lipinski definition) is 2. The normalized spacial score (nSPS) is 25.5. The van der Waals surface area contributed by atoms with Crippen LogP contribution in [-0.4, -0.2) is 37.7 Å². The lowest BCUT2D eigenvalue weighted by molar-refractivity contribution is -0.125. The number of methoxy groups -OCH3 is 1. The van der Waals surface area contributed by atoms with Gasteiger partial charge < -0.3 is 15.4 Å². The van der Waals surface area contributed by atoms with Gasteiger partial charge in [0.25, 0.3) is 0 Å². The van der Waals surface area contributed by atoms with Crippen LogP contribution in [0.25, 0.3) is 0 Å². The molecule has 2 fully saturated rings. The van der Waals surface area contributed by atoms with Crippen LogP contribution in [0.2, 0.25) is 0 Å². The number of carbonyl (C=O) groups is 2. The summed E-state index contributed by atoms with van der Waals surface area (Å²) in [4.78, 5) is 23.8. The van der Waals surface area contributed by atoms with E-state index in [1.54, 1.807) is 12.1 Å². The molecule has 6 heteroatoms. The Morgan fingerprint density at radius 1 is 1.30 bits per heavy atom. The minimum absolute atomic E-state index is 0.151. The Labute approximate surface area is 134 Å². The first-order valence-electron chi connectivity index (χ1n) is 7.92. The lowest BCUT2D eigenvalue weighted by Crippen LogP contribution is -2.51. The maximum absolute atomic E-state index is 13.5. The van der Waals surface area contributed by atoms with Gasteiger partial charge in [-0.3, -0.25) is 4.79 Å². The number of esters is 1. The minimum Gasteiger partial charge on any atom is -0.465 e. The lowest BCUT2D eigenvalue weighted by Gasteiger charge is -2.28. The number of nitrogens with one attached hydrogen (secondary N) is 2. The van der Waals surface area contributed by atoms with Gasteiger partial charge in [0, 0.05) is 6.42 Å². The molecule has 5 nitrogen and oxygen atoms in total. The van der Waals surface area contributed by atoms with Crippen molar-refractivity contribution in [2.24, 2.45) is 0 Å². The van der Waals surface area contributed by atoms with Gasteiger partial charge in [-0.25, -0.2) is 9.18 Å². The number of benzene rings is 1. The number of piperidine rings is 1. The van der Waals surface area contributed by atoms with Gasteiger partial charge in [0.05, 0.1) is 24.3 Å². The molecule has 1 saturated heterocycles. The van der Waals surface area contributed by atoms with Crippen molar-refractivity contribution >= 4 is 11.9 Å². The maximum Gasteiger partial charge on any atom is 0.337 e. The molecule has 3 rings (SSSR count). The average molecular weight is 320 g/mol. The number of alkyl halides is 1. The van der Waals surface area contributed by atoms with Gasteiger partial charge in [-0.15, -0.1) is 0 Å². The second kappa shape index (κ2) is 6.28.